The van der Waals surface area contributed by atoms with E-state index in [0.717, 1.165) is 18.4 Å². The minimum Gasteiger partial charge on any atom is -0.481 e. The number of ketones is 1. The highest BCUT2D eigenvalue weighted by Gasteiger charge is 2.20. The van der Waals surface area contributed by atoms with Gasteiger partial charge in [0, 0.05) is 30.3 Å². The van der Waals surface area contributed by atoms with Gasteiger partial charge in [0.05, 0.1) is 0 Å². The van der Waals surface area contributed by atoms with E-state index in [1.165, 1.54) is 0 Å². The summed E-state index contributed by atoms with van der Waals surface area (Å²) >= 11 is 0. The van der Waals surface area contributed by atoms with E-state index >= 15 is 0 Å². The zero-order valence-corrected chi connectivity index (χ0v) is 13.0. The van der Waals surface area contributed by atoms with Crippen molar-refractivity contribution in [2.45, 2.75) is 32.1 Å². The number of aromatic nitrogens is 1. The van der Waals surface area contributed by atoms with Gasteiger partial charge in [0.15, 0.2) is 5.78 Å². The molecule has 1 unspecified atom stereocenters. The van der Waals surface area contributed by atoms with Crippen molar-refractivity contribution in [3.05, 3.63) is 66.0 Å². The van der Waals surface area contributed by atoms with Gasteiger partial charge in [-0.25, -0.2) is 0 Å². The van der Waals surface area contributed by atoms with E-state index in [2.05, 4.69) is 4.98 Å². The van der Waals surface area contributed by atoms with Crippen molar-refractivity contribution in [2.75, 3.05) is 0 Å². The number of hydrogen-bond acceptors (Lipinski definition) is 3. The van der Waals surface area contributed by atoms with Crippen LogP contribution in [0.15, 0.2) is 54.9 Å². The number of carboxylic acid groups (broad SMARTS) is 1. The molecule has 0 aliphatic carbocycles. The molecule has 0 aliphatic rings. The van der Waals surface area contributed by atoms with Gasteiger partial charge in [0.2, 0.25) is 0 Å². The monoisotopic (exact) mass is 311 g/mol. The molecule has 2 rings (SSSR count). The van der Waals surface area contributed by atoms with Gasteiger partial charge in [-0.1, -0.05) is 36.4 Å². The predicted molar refractivity (Wildman–Crippen MR) is 88.3 cm³/mol. The maximum Gasteiger partial charge on any atom is 0.303 e. The van der Waals surface area contributed by atoms with Crippen LogP contribution in [-0.2, 0) is 11.2 Å². The van der Waals surface area contributed by atoms with Crippen molar-refractivity contribution >= 4 is 11.8 Å². The number of rotatable bonds is 9. The molecule has 0 saturated carbocycles. The summed E-state index contributed by atoms with van der Waals surface area (Å²) in [6, 6.07) is 13.0. The van der Waals surface area contributed by atoms with Crippen LogP contribution in [0.25, 0.3) is 0 Å². The fourth-order valence-corrected chi connectivity index (χ4v) is 2.64. The SMILES string of the molecule is O=C(O)CCC(CCCc1cccnc1)C(=O)c1ccccc1. The molecule has 4 nitrogen and oxygen atoms in total. The highest BCUT2D eigenvalue weighted by Crippen LogP contribution is 2.21. The fraction of sp³-hybridized carbons (Fsp3) is 0.316. The molecule has 1 heterocycles. The lowest BCUT2D eigenvalue weighted by Gasteiger charge is -2.15. The van der Waals surface area contributed by atoms with Gasteiger partial charge in [-0.05, 0) is 37.3 Å². The van der Waals surface area contributed by atoms with Crippen LogP contribution in [0, 0.1) is 5.92 Å². The largest absolute Gasteiger partial charge is 0.481 e. The summed E-state index contributed by atoms with van der Waals surface area (Å²) in [6.07, 6.45) is 6.35. The molecule has 1 atom stereocenters. The molecule has 0 amide bonds. The summed E-state index contributed by atoms with van der Waals surface area (Å²) in [7, 11) is 0. The highest BCUT2D eigenvalue weighted by atomic mass is 16.4. The van der Waals surface area contributed by atoms with Gasteiger partial charge in [-0.15, -0.1) is 0 Å². The molecule has 120 valence electrons. The molecule has 1 aromatic heterocycles. The predicted octanol–water partition coefficient (Wildman–Crippen LogP) is 3.77. The second-order valence-corrected chi connectivity index (χ2v) is 5.61. The van der Waals surface area contributed by atoms with Crippen LogP contribution in [0.3, 0.4) is 0 Å². The second-order valence-electron chi connectivity index (χ2n) is 5.61. The van der Waals surface area contributed by atoms with Crippen molar-refractivity contribution in [2.24, 2.45) is 5.92 Å². The first-order valence-electron chi connectivity index (χ1n) is 7.87. The molecule has 23 heavy (non-hydrogen) atoms. The minimum absolute atomic E-state index is 0.0239. The van der Waals surface area contributed by atoms with Crippen LogP contribution in [0.2, 0.25) is 0 Å². The van der Waals surface area contributed by atoms with E-state index in [0.29, 0.717) is 18.4 Å². The number of aryl methyl sites for hydroxylation is 1. The second kappa shape index (κ2) is 8.83. The molecular weight excluding hydrogens is 290 g/mol. The van der Waals surface area contributed by atoms with E-state index < -0.39 is 5.97 Å². The lowest BCUT2D eigenvalue weighted by molar-refractivity contribution is -0.137. The maximum atomic E-state index is 12.6. The Bertz CT molecular complexity index is 626. The smallest absolute Gasteiger partial charge is 0.303 e. The average molecular weight is 311 g/mol. The Morgan fingerprint density at radius 1 is 1.04 bits per heavy atom. The summed E-state index contributed by atoms with van der Waals surface area (Å²) in [5, 5.41) is 8.90. The van der Waals surface area contributed by atoms with Gasteiger partial charge in [0.1, 0.15) is 0 Å². The first-order chi connectivity index (χ1) is 11.2. The number of nitrogens with zero attached hydrogens (tertiary/aromatic N) is 1. The molecule has 0 radical (unpaired) electrons. The van der Waals surface area contributed by atoms with Crippen LogP contribution < -0.4 is 0 Å². The van der Waals surface area contributed by atoms with Crippen molar-refractivity contribution < 1.29 is 14.7 Å². The number of hydrogen-bond donors (Lipinski definition) is 1. The molecule has 0 spiro atoms. The van der Waals surface area contributed by atoms with Crippen molar-refractivity contribution in [3.8, 4) is 0 Å². The Morgan fingerprint density at radius 3 is 2.48 bits per heavy atom. The number of aliphatic carboxylic acids is 1. The highest BCUT2D eigenvalue weighted by molar-refractivity contribution is 5.97. The number of carbonyl (C=O) groups is 2. The molecule has 0 saturated heterocycles. The Labute approximate surface area is 136 Å². The molecule has 0 aliphatic heterocycles. The van der Waals surface area contributed by atoms with Crippen LogP contribution in [0.1, 0.15) is 41.6 Å². The van der Waals surface area contributed by atoms with E-state index in [1.54, 1.807) is 18.3 Å². The number of Topliss-reactive ketones (excluding diaryl/α,β-unsaturated/α-hetero) is 1. The molecular formula is C19H21NO3. The molecule has 1 aromatic carbocycles. The van der Waals surface area contributed by atoms with Crippen LogP contribution in [-0.4, -0.2) is 21.8 Å². The molecule has 0 fully saturated rings. The summed E-state index contributed by atoms with van der Waals surface area (Å²) in [5.41, 5.74) is 1.79. The summed E-state index contributed by atoms with van der Waals surface area (Å²) < 4.78 is 0. The fourth-order valence-electron chi connectivity index (χ4n) is 2.64. The van der Waals surface area contributed by atoms with Crippen molar-refractivity contribution in [3.63, 3.8) is 0 Å². The van der Waals surface area contributed by atoms with Crippen LogP contribution >= 0.6 is 0 Å². The lowest BCUT2D eigenvalue weighted by Crippen LogP contribution is -2.16. The summed E-state index contributed by atoms with van der Waals surface area (Å²) in [4.78, 5) is 27.5. The van der Waals surface area contributed by atoms with Gasteiger partial charge in [-0.3, -0.25) is 14.6 Å². The lowest BCUT2D eigenvalue weighted by atomic mass is 9.88. The first kappa shape index (κ1) is 16.9. The summed E-state index contributed by atoms with van der Waals surface area (Å²) in [6.45, 7) is 0. The Hall–Kier alpha value is -2.49. The zero-order chi connectivity index (χ0) is 16.5. The number of carbonyl (C=O) groups excluding carboxylic acids is 1. The van der Waals surface area contributed by atoms with Crippen LogP contribution in [0.5, 0.6) is 0 Å². The Kier molecular flexibility index (Phi) is 6.48. The quantitative estimate of drug-likeness (QED) is 0.716. The van der Waals surface area contributed by atoms with Gasteiger partial charge >= 0.3 is 5.97 Å². The van der Waals surface area contributed by atoms with Gasteiger partial charge in [-0.2, -0.15) is 0 Å². The number of carboxylic acids is 1. The van der Waals surface area contributed by atoms with Crippen molar-refractivity contribution in [1.82, 2.24) is 4.98 Å². The third-order valence-corrected chi connectivity index (χ3v) is 3.88. The third kappa shape index (κ3) is 5.66. The van der Waals surface area contributed by atoms with E-state index in [-0.39, 0.29) is 18.1 Å². The summed E-state index contributed by atoms with van der Waals surface area (Å²) in [5.74, 6) is -1.06. The standard InChI is InChI=1S/C19H21NO3/c21-18(22)12-11-17(19(23)16-8-2-1-3-9-16)10-4-6-15-7-5-13-20-14-15/h1-3,5,7-9,13-14,17H,4,6,10-12H2,(H,21,22). The normalized spacial score (nSPS) is 11.8. The van der Waals surface area contributed by atoms with Crippen molar-refractivity contribution in [1.29, 1.82) is 0 Å². The number of pyridine rings is 1. The van der Waals surface area contributed by atoms with Gasteiger partial charge < -0.3 is 5.11 Å². The van der Waals surface area contributed by atoms with E-state index in [4.69, 9.17) is 5.11 Å². The Balaban J connectivity index is 1.96. The molecule has 4 heteroatoms. The maximum absolute atomic E-state index is 12.6. The van der Waals surface area contributed by atoms with E-state index in [1.807, 2.05) is 36.5 Å². The molecule has 2 aromatic rings. The number of benzene rings is 1. The minimum atomic E-state index is -0.858. The Morgan fingerprint density at radius 2 is 1.83 bits per heavy atom. The van der Waals surface area contributed by atoms with Gasteiger partial charge in [0.25, 0.3) is 0 Å². The zero-order valence-electron chi connectivity index (χ0n) is 13.0. The third-order valence-electron chi connectivity index (χ3n) is 3.88. The van der Waals surface area contributed by atoms with Crippen LogP contribution in [0.4, 0.5) is 0 Å². The van der Waals surface area contributed by atoms with E-state index in [9.17, 15) is 9.59 Å². The molecule has 0 bridgehead atoms. The topological polar surface area (TPSA) is 67.3 Å². The average Bonchev–Trinajstić information content (AvgIpc) is 2.59. The first-order valence-corrected chi connectivity index (χ1v) is 7.87. The molecule has 1 N–H and O–H groups in total.